The van der Waals surface area contributed by atoms with Crippen molar-refractivity contribution in [2.75, 3.05) is 11.5 Å². The van der Waals surface area contributed by atoms with Gasteiger partial charge in [0, 0.05) is 78.3 Å². The molecule has 4 N–H and O–H groups in total. The minimum absolute atomic E-state index is 0.624. The van der Waals surface area contributed by atoms with Crippen molar-refractivity contribution in [2.45, 2.75) is 0 Å². The van der Waals surface area contributed by atoms with Crippen LogP contribution in [-0.2, 0) is 0 Å². The molecule has 0 aliphatic heterocycles. The number of rotatable bonds is 4. The number of aromatic nitrogens is 6. The molecule has 11 aromatic rings. The Morgan fingerprint density at radius 3 is 0.875 bits per heavy atom. The predicted molar refractivity (Wildman–Crippen MR) is 229 cm³/mol. The second-order valence-electron chi connectivity index (χ2n) is 14.1. The van der Waals surface area contributed by atoms with Gasteiger partial charge in [-0.05, 0) is 72.8 Å². The van der Waals surface area contributed by atoms with Gasteiger partial charge in [-0.1, -0.05) is 72.8 Å². The lowest BCUT2D eigenvalue weighted by molar-refractivity contribution is 1.35. The monoisotopic (exact) mass is 718 g/mol. The van der Waals surface area contributed by atoms with Crippen LogP contribution in [0.25, 0.3) is 110 Å². The molecule has 0 unspecified atom stereocenters. The van der Waals surface area contributed by atoms with E-state index in [0.717, 1.165) is 110 Å². The van der Waals surface area contributed by atoms with E-state index in [1.54, 1.807) is 12.4 Å². The number of pyridine rings is 6. The molecule has 11 rings (SSSR count). The number of anilines is 2. The summed E-state index contributed by atoms with van der Waals surface area (Å²) in [6.45, 7) is 0. The molecule has 0 aliphatic carbocycles. The summed E-state index contributed by atoms with van der Waals surface area (Å²) in [5, 5.41) is 6.13. The summed E-state index contributed by atoms with van der Waals surface area (Å²) in [6.07, 6.45) is 3.61. The van der Waals surface area contributed by atoms with Crippen molar-refractivity contribution in [3.63, 3.8) is 0 Å². The number of nitrogen functional groups attached to an aromatic ring is 2. The van der Waals surface area contributed by atoms with Gasteiger partial charge in [0.15, 0.2) is 0 Å². The number of hydrogen-bond acceptors (Lipinski definition) is 8. The lowest BCUT2D eigenvalue weighted by Crippen LogP contribution is -1.95. The van der Waals surface area contributed by atoms with Crippen LogP contribution in [-0.4, -0.2) is 29.9 Å². The van der Waals surface area contributed by atoms with Crippen molar-refractivity contribution >= 4 is 76.8 Å². The minimum atomic E-state index is 0.624. The van der Waals surface area contributed by atoms with Crippen LogP contribution in [0.3, 0.4) is 0 Å². The normalized spacial score (nSPS) is 11.7. The molecule has 0 saturated heterocycles. The molecule has 6 aromatic heterocycles. The largest absolute Gasteiger partial charge is 0.399 e. The van der Waals surface area contributed by atoms with E-state index in [1.165, 1.54) is 0 Å². The van der Waals surface area contributed by atoms with E-state index in [-0.39, 0.29) is 0 Å². The molecule has 0 atom stereocenters. The maximum atomic E-state index is 6.54. The standard InChI is InChI=1S/C48H30N8/c49-37-23-33(39-15-11-29-7-5-27-3-1-19-51-43(27)45(29)53-39)21-35(25-37)41-17-13-31-9-10-32-14-18-42(56-48(32)47(31)55-41)36-22-34(24-38(50)26-36)40-16-12-30-8-6-28-4-2-20-52-44(28)46(30)54-40/h1-26H,49-50H2. The summed E-state index contributed by atoms with van der Waals surface area (Å²) in [5.41, 5.74) is 26.2. The van der Waals surface area contributed by atoms with E-state index >= 15 is 0 Å². The molecule has 262 valence electrons. The van der Waals surface area contributed by atoms with Gasteiger partial charge in [0.2, 0.25) is 0 Å². The zero-order valence-electron chi connectivity index (χ0n) is 29.8. The molecular formula is C48H30N8. The number of nitrogens with zero attached hydrogens (tertiary/aromatic N) is 6. The molecule has 0 spiro atoms. The molecule has 0 bridgehead atoms. The SMILES string of the molecule is Nc1cc(-c2ccc3ccc4cccnc4c3n2)cc(-c2ccc3ccc4ccc(-c5cc(N)cc(-c6ccc7ccc8cccnc8c7n6)c5)nc4c3n2)c1. The van der Waals surface area contributed by atoms with Gasteiger partial charge in [-0.2, -0.15) is 0 Å². The molecule has 0 radical (unpaired) electrons. The van der Waals surface area contributed by atoms with Gasteiger partial charge >= 0.3 is 0 Å². The van der Waals surface area contributed by atoms with Gasteiger partial charge in [0.1, 0.15) is 0 Å². The average Bonchev–Trinajstić information content (AvgIpc) is 3.25. The van der Waals surface area contributed by atoms with E-state index in [4.69, 9.17) is 31.4 Å². The van der Waals surface area contributed by atoms with E-state index in [1.807, 2.05) is 60.7 Å². The molecule has 0 amide bonds. The fourth-order valence-corrected chi connectivity index (χ4v) is 7.75. The smallest absolute Gasteiger partial charge is 0.0972 e. The zero-order valence-corrected chi connectivity index (χ0v) is 29.8. The summed E-state index contributed by atoms with van der Waals surface area (Å²) in [5.74, 6) is 0. The highest BCUT2D eigenvalue weighted by Gasteiger charge is 2.14. The maximum absolute atomic E-state index is 6.54. The first-order valence-electron chi connectivity index (χ1n) is 18.3. The van der Waals surface area contributed by atoms with Crippen molar-refractivity contribution in [1.29, 1.82) is 0 Å². The van der Waals surface area contributed by atoms with Crippen molar-refractivity contribution in [2.24, 2.45) is 0 Å². The molecule has 6 heterocycles. The summed E-state index contributed by atoms with van der Waals surface area (Å²) in [7, 11) is 0. The molecule has 0 fully saturated rings. The van der Waals surface area contributed by atoms with Crippen LogP contribution >= 0.6 is 0 Å². The van der Waals surface area contributed by atoms with Crippen molar-refractivity contribution in [1.82, 2.24) is 29.9 Å². The van der Waals surface area contributed by atoms with Crippen LogP contribution in [0.5, 0.6) is 0 Å². The summed E-state index contributed by atoms with van der Waals surface area (Å²) in [6, 6.07) is 48.9. The zero-order chi connectivity index (χ0) is 37.3. The van der Waals surface area contributed by atoms with Crippen LogP contribution in [0.2, 0.25) is 0 Å². The Kier molecular flexibility index (Phi) is 6.99. The van der Waals surface area contributed by atoms with E-state index in [2.05, 4.69) is 94.9 Å². The first-order valence-corrected chi connectivity index (χ1v) is 18.3. The Hall–Kier alpha value is -7.84. The summed E-state index contributed by atoms with van der Waals surface area (Å²) >= 11 is 0. The first-order chi connectivity index (χ1) is 27.5. The number of fused-ring (bicyclic) bond motifs is 9. The van der Waals surface area contributed by atoms with Crippen molar-refractivity contribution < 1.29 is 0 Å². The van der Waals surface area contributed by atoms with Crippen LogP contribution in [0.4, 0.5) is 11.4 Å². The topological polar surface area (TPSA) is 129 Å². The van der Waals surface area contributed by atoms with Crippen molar-refractivity contribution in [3.05, 3.63) is 158 Å². The third kappa shape index (κ3) is 5.31. The highest BCUT2D eigenvalue weighted by Crippen LogP contribution is 2.35. The van der Waals surface area contributed by atoms with Gasteiger partial charge in [-0.15, -0.1) is 0 Å². The van der Waals surface area contributed by atoms with Crippen LogP contribution in [0.1, 0.15) is 0 Å². The van der Waals surface area contributed by atoms with Gasteiger partial charge in [-0.3, -0.25) is 9.97 Å². The Labute approximate surface area is 320 Å². The fraction of sp³-hybridized carbons (Fsp3) is 0. The third-order valence-corrected chi connectivity index (χ3v) is 10.5. The molecule has 8 nitrogen and oxygen atoms in total. The number of hydrogen-bond donors (Lipinski definition) is 2. The van der Waals surface area contributed by atoms with Crippen LogP contribution in [0, 0.1) is 0 Å². The number of benzene rings is 5. The second kappa shape index (κ2) is 12.4. The second-order valence-corrected chi connectivity index (χ2v) is 14.1. The molecule has 56 heavy (non-hydrogen) atoms. The quantitative estimate of drug-likeness (QED) is 0.136. The molecule has 0 aliphatic rings. The van der Waals surface area contributed by atoms with Crippen molar-refractivity contribution in [3.8, 4) is 45.0 Å². The Morgan fingerprint density at radius 2 is 0.554 bits per heavy atom. The Bertz CT molecular complexity index is 3190. The average molecular weight is 719 g/mol. The summed E-state index contributed by atoms with van der Waals surface area (Å²) in [4.78, 5) is 29.9. The first kappa shape index (κ1) is 31.7. The van der Waals surface area contributed by atoms with Crippen LogP contribution in [0.15, 0.2) is 158 Å². The van der Waals surface area contributed by atoms with E-state index < -0.39 is 0 Å². The molecule has 0 saturated carbocycles. The fourth-order valence-electron chi connectivity index (χ4n) is 7.75. The lowest BCUT2D eigenvalue weighted by atomic mass is 10.0. The van der Waals surface area contributed by atoms with Gasteiger partial charge in [-0.25, -0.2) is 19.9 Å². The van der Waals surface area contributed by atoms with E-state index in [9.17, 15) is 0 Å². The lowest BCUT2D eigenvalue weighted by Gasteiger charge is -2.12. The van der Waals surface area contributed by atoms with E-state index in [0.29, 0.717) is 11.4 Å². The molecule has 8 heteroatoms. The number of nitrogens with two attached hydrogens (primary N) is 2. The Morgan fingerprint density at radius 1 is 0.286 bits per heavy atom. The highest BCUT2D eigenvalue weighted by molar-refractivity contribution is 6.06. The Balaban J connectivity index is 1.00. The summed E-state index contributed by atoms with van der Waals surface area (Å²) < 4.78 is 0. The third-order valence-electron chi connectivity index (χ3n) is 10.5. The van der Waals surface area contributed by atoms with Gasteiger partial charge in [0.05, 0.1) is 55.9 Å². The molecular weight excluding hydrogens is 689 g/mol. The maximum Gasteiger partial charge on any atom is 0.0972 e. The van der Waals surface area contributed by atoms with Crippen LogP contribution < -0.4 is 11.5 Å². The molecule has 5 aromatic carbocycles. The minimum Gasteiger partial charge on any atom is -0.399 e. The van der Waals surface area contributed by atoms with Gasteiger partial charge in [0.25, 0.3) is 0 Å². The highest BCUT2D eigenvalue weighted by atomic mass is 14.8. The van der Waals surface area contributed by atoms with Gasteiger partial charge < -0.3 is 11.5 Å². The predicted octanol–water partition coefficient (Wildman–Crippen LogP) is 10.8.